The van der Waals surface area contributed by atoms with E-state index in [9.17, 15) is 4.79 Å². The molecule has 0 aromatic heterocycles. The fraction of sp³-hybridized carbons (Fsp3) is 0.650. The summed E-state index contributed by atoms with van der Waals surface area (Å²) in [4.78, 5) is 18.3. The van der Waals surface area contributed by atoms with Gasteiger partial charge in [0.1, 0.15) is 0 Å². The topological polar surface area (TPSA) is 26.8 Å². The van der Waals surface area contributed by atoms with Gasteiger partial charge in [0.25, 0.3) is 0 Å². The predicted octanol–water partition coefficient (Wildman–Crippen LogP) is 2.80. The molecular weight excluding hydrogens is 298 g/mol. The molecule has 0 radical (unpaired) electrons. The van der Waals surface area contributed by atoms with E-state index in [1.165, 1.54) is 11.1 Å². The van der Waals surface area contributed by atoms with E-state index in [0.717, 1.165) is 45.7 Å². The molecule has 0 spiro atoms. The van der Waals surface area contributed by atoms with E-state index in [1.807, 2.05) is 14.1 Å². The van der Waals surface area contributed by atoms with Crippen LogP contribution in [0.25, 0.3) is 0 Å². The molecule has 0 N–H and O–H groups in total. The van der Waals surface area contributed by atoms with E-state index in [2.05, 4.69) is 47.9 Å². The molecule has 134 valence electrons. The zero-order valence-corrected chi connectivity index (χ0v) is 15.8. The fourth-order valence-corrected chi connectivity index (χ4v) is 3.16. The standard InChI is InChI=1S/C20H33N3O/c1-17(2)19-8-5-7-18(15-19)16-23-13-11-22(12-14-23)10-6-9-20(24)21(3)4/h5,7-8,15,17H,6,9-14,16H2,1-4H3. The minimum absolute atomic E-state index is 0.235. The Labute approximate surface area is 147 Å². The largest absolute Gasteiger partial charge is 0.349 e. The van der Waals surface area contributed by atoms with Gasteiger partial charge >= 0.3 is 0 Å². The summed E-state index contributed by atoms with van der Waals surface area (Å²) in [6.07, 6.45) is 1.63. The maximum absolute atomic E-state index is 11.6. The van der Waals surface area contributed by atoms with Gasteiger partial charge in [-0.3, -0.25) is 9.69 Å². The Morgan fingerprint density at radius 1 is 1.12 bits per heavy atom. The van der Waals surface area contributed by atoms with Crippen LogP contribution in [0, 0.1) is 0 Å². The van der Waals surface area contributed by atoms with Crippen LogP contribution in [0.5, 0.6) is 0 Å². The van der Waals surface area contributed by atoms with Crippen LogP contribution >= 0.6 is 0 Å². The van der Waals surface area contributed by atoms with Crippen LogP contribution < -0.4 is 0 Å². The molecule has 1 fully saturated rings. The lowest BCUT2D eigenvalue weighted by atomic mass is 10.0. The zero-order valence-electron chi connectivity index (χ0n) is 15.8. The van der Waals surface area contributed by atoms with Crippen molar-refractivity contribution in [3.05, 3.63) is 35.4 Å². The molecule has 4 heteroatoms. The number of hydrogen-bond donors (Lipinski definition) is 0. The van der Waals surface area contributed by atoms with Gasteiger partial charge < -0.3 is 9.80 Å². The summed E-state index contributed by atoms with van der Waals surface area (Å²) in [5.74, 6) is 0.824. The fourth-order valence-electron chi connectivity index (χ4n) is 3.16. The molecule has 0 unspecified atom stereocenters. The third kappa shape index (κ3) is 5.91. The Morgan fingerprint density at radius 2 is 1.79 bits per heavy atom. The minimum atomic E-state index is 0.235. The van der Waals surface area contributed by atoms with Crippen molar-refractivity contribution >= 4 is 5.91 Å². The highest BCUT2D eigenvalue weighted by Gasteiger charge is 2.17. The van der Waals surface area contributed by atoms with Gasteiger partial charge in [-0.25, -0.2) is 0 Å². The molecule has 1 aromatic rings. The second-order valence-corrected chi connectivity index (χ2v) is 7.41. The summed E-state index contributed by atoms with van der Waals surface area (Å²) < 4.78 is 0. The quantitative estimate of drug-likeness (QED) is 0.769. The normalized spacial score (nSPS) is 16.5. The average molecular weight is 332 g/mol. The second-order valence-electron chi connectivity index (χ2n) is 7.41. The molecule has 4 nitrogen and oxygen atoms in total. The van der Waals surface area contributed by atoms with Crippen LogP contribution in [0.3, 0.4) is 0 Å². The lowest BCUT2D eigenvalue weighted by molar-refractivity contribution is -0.128. The van der Waals surface area contributed by atoms with Gasteiger partial charge in [-0.05, 0) is 30.0 Å². The molecule has 0 aliphatic carbocycles. The highest BCUT2D eigenvalue weighted by atomic mass is 16.2. The molecule has 1 heterocycles. The minimum Gasteiger partial charge on any atom is -0.349 e. The number of carbonyl (C=O) groups is 1. The molecule has 0 bridgehead atoms. The van der Waals surface area contributed by atoms with E-state index in [1.54, 1.807) is 4.90 Å². The second kappa shape index (κ2) is 9.19. The summed E-state index contributed by atoms with van der Waals surface area (Å²) in [5.41, 5.74) is 2.85. The van der Waals surface area contributed by atoms with E-state index >= 15 is 0 Å². The van der Waals surface area contributed by atoms with Gasteiger partial charge in [0.2, 0.25) is 5.91 Å². The van der Waals surface area contributed by atoms with Crippen molar-refractivity contribution in [1.82, 2.24) is 14.7 Å². The highest BCUT2D eigenvalue weighted by molar-refractivity contribution is 5.75. The summed E-state index contributed by atoms with van der Waals surface area (Å²) in [7, 11) is 3.66. The molecule has 1 aliphatic rings. The van der Waals surface area contributed by atoms with Crippen LogP contribution in [0.2, 0.25) is 0 Å². The van der Waals surface area contributed by atoms with Crippen molar-refractivity contribution in [2.24, 2.45) is 0 Å². The van der Waals surface area contributed by atoms with Crippen molar-refractivity contribution in [3.63, 3.8) is 0 Å². The number of piperazine rings is 1. The SMILES string of the molecule is CC(C)c1cccc(CN2CCN(CCCC(=O)N(C)C)CC2)c1. The van der Waals surface area contributed by atoms with Gasteiger partial charge in [0.05, 0.1) is 0 Å². The molecule has 2 rings (SSSR count). The summed E-state index contributed by atoms with van der Waals surface area (Å²) >= 11 is 0. The smallest absolute Gasteiger partial charge is 0.222 e. The first-order valence-corrected chi connectivity index (χ1v) is 9.19. The number of amides is 1. The number of rotatable bonds is 7. The third-order valence-electron chi connectivity index (χ3n) is 4.85. The molecule has 1 aliphatic heterocycles. The average Bonchev–Trinajstić information content (AvgIpc) is 2.56. The summed E-state index contributed by atoms with van der Waals surface area (Å²) in [6.45, 7) is 11.0. The number of hydrogen-bond acceptors (Lipinski definition) is 3. The monoisotopic (exact) mass is 331 g/mol. The van der Waals surface area contributed by atoms with Crippen LogP contribution in [0.15, 0.2) is 24.3 Å². The van der Waals surface area contributed by atoms with Gasteiger partial charge in [-0.2, -0.15) is 0 Å². The van der Waals surface area contributed by atoms with Crippen LogP contribution in [0.4, 0.5) is 0 Å². The Balaban J connectivity index is 1.71. The molecule has 24 heavy (non-hydrogen) atoms. The molecule has 1 amide bonds. The first kappa shape index (κ1) is 18.9. The van der Waals surface area contributed by atoms with E-state index in [0.29, 0.717) is 12.3 Å². The summed E-state index contributed by atoms with van der Waals surface area (Å²) in [5, 5.41) is 0. The van der Waals surface area contributed by atoms with Crippen molar-refractivity contribution < 1.29 is 4.79 Å². The maximum atomic E-state index is 11.6. The molecular formula is C20H33N3O. The Bertz CT molecular complexity index is 519. The first-order chi connectivity index (χ1) is 11.5. The van der Waals surface area contributed by atoms with Crippen LogP contribution in [-0.4, -0.2) is 67.4 Å². The van der Waals surface area contributed by atoms with E-state index in [4.69, 9.17) is 0 Å². The van der Waals surface area contributed by atoms with Crippen molar-refractivity contribution in [1.29, 1.82) is 0 Å². The van der Waals surface area contributed by atoms with Crippen molar-refractivity contribution in [2.75, 3.05) is 46.8 Å². The lowest BCUT2D eigenvalue weighted by Crippen LogP contribution is -2.46. The van der Waals surface area contributed by atoms with Crippen LogP contribution in [-0.2, 0) is 11.3 Å². The van der Waals surface area contributed by atoms with Gasteiger partial charge in [0.15, 0.2) is 0 Å². The number of carbonyl (C=O) groups excluding carboxylic acids is 1. The van der Waals surface area contributed by atoms with Gasteiger partial charge in [0, 0.05) is 53.2 Å². The first-order valence-electron chi connectivity index (χ1n) is 9.19. The van der Waals surface area contributed by atoms with Gasteiger partial charge in [-0.15, -0.1) is 0 Å². The van der Waals surface area contributed by atoms with Gasteiger partial charge in [-0.1, -0.05) is 38.1 Å². The Kier molecular flexibility index (Phi) is 7.25. The lowest BCUT2D eigenvalue weighted by Gasteiger charge is -2.34. The highest BCUT2D eigenvalue weighted by Crippen LogP contribution is 2.17. The maximum Gasteiger partial charge on any atom is 0.222 e. The number of nitrogens with zero attached hydrogens (tertiary/aromatic N) is 3. The summed E-state index contributed by atoms with van der Waals surface area (Å²) in [6, 6.07) is 9.00. The number of benzene rings is 1. The molecule has 1 aromatic carbocycles. The Morgan fingerprint density at radius 3 is 2.42 bits per heavy atom. The van der Waals surface area contributed by atoms with Crippen LogP contribution in [0.1, 0.15) is 43.7 Å². The zero-order chi connectivity index (χ0) is 17.5. The van der Waals surface area contributed by atoms with E-state index < -0.39 is 0 Å². The molecule has 0 saturated carbocycles. The van der Waals surface area contributed by atoms with Crippen molar-refractivity contribution in [2.45, 2.75) is 39.2 Å². The Hall–Kier alpha value is -1.39. The third-order valence-corrected chi connectivity index (χ3v) is 4.85. The van der Waals surface area contributed by atoms with E-state index in [-0.39, 0.29) is 5.91 Å². The van der Waals surface area contributed by atoms with Crippen molar-refractivity contribution in [3.8, 4) is 0 Å². The predicted molar refractivity (Wildman–Crippen MR) is 100 cm³/mol. The molecule has 1 saturated heterocycles. The molecule has 0 atom stereocenters.